The second-order valence-corrected chi connectivity index (χ2v) is 6.49. The van der Waals surface area contributed by atoms with Crippen LogP contribution in [-0.4, -0.2) is 10.5 Å². The van der Waals surface area contributed by atoms with Gasteiger partial charge in [-0.15, -0.1) is 11.6 Å². The Morgan fingerprint density at radius 3 is 2.58 bits per heavy atom. The number of amides is 1. The maximum absolute atomic E-state index is 13.6. The topological polar surface area (TPSA) is 60.3 Å². The molecule has 1 aromatic heterocycles. The molecule has 3 rings (SSSR count). The van der Waals surface area contributed by atoms with E-state index in [1.165, 1.54) is 12.3 Å². The third-order valence-corrected chi connectivity index (χ3v) is 4.36. The molecule has 0 radical (unpaired) electrons. The zero-order valence-corrected chi connectivity index (χ0v) is 16.2. The fourth-order valence-electron chi connectivity index (χ4n) is 2.56. The van der Waals surface area contributed by atoms with Crippen molar-refractivity contribution in [1.29, 1.82) is 0 Å². The zero-order chi connectivity index (χ0) is 25.3. The van der Waals surface area contributed by atoms with Crippen molar-refractivity contribution in [3.63, 3.8) is 0 Å². The van der Waals surface area contributed by atoms with Crippen molar-refractivity contribution in [2.45, 2.75) is 19.0 Å². The van der Waals surface area contributed by atoms with Crippen LogP contribution >= 0.6 is 11.6 Å². The number of carbonyl (C=O) groups excluding carboxylic acids is 1. The number of nitrogens with one attached hydrogen (secondary N) is 1. The summed E-state index contributed by atoms with van der Waals surface area (Å²) in [6.07, 6.45) is -3.49. The number of hydrogen-bond acceptors (Lipinski definition) is 3. The number of rotatable bonds is 5. The Bertz CT molecular complexity index is 1290. The van der Waals surface area contributed by atoms with Gasteiger partial charge in [0, 0.05) is 22.1 Å². The number of carbonyl (C=O) groups is 1. The molecular formula is C21H15ClF4N2O3. The van der Waals surface area contributed by atoms with Crippen LogP contribution in [0.1, 0.15) is 25.6 Å². The SMILES string of the molecule is [2H]C([2H])([2H])c1cc(F)ccc1Oc1cc(C(F)(F)F)ccc1C(=O)Nc1ccn(CCl)c(=O)c1. The van der Waals surface area contributed by atoms with Gasteiger partial charge in [-0.25, -0.2) is 4.39 Å². The molecule has 2 aromatic carbocycles. The standard InChI is InChI=1S/C21H15ClF4N2O3/c1-12-8-14(23)3-5-17(12)31-18-9-13(21(24,25)26)2-4-16(18)20(30)27-15-6-7-28(11-22)19(29)10-15/h2-10H,11H2,1H3,(H,27,30)/i1D3. The molecule has 0 spiro atoms. The number of alkyl halides is 4. The summed E-state index contributed by atoms with van der Waals surface area (Å²) in [6, 6.07) is 6.74. The lowest BCUT2D eigenvalue weighted by atomic mass is 10.1. The molecule has 1 N–H and O–H groups in total. The molecule has 1 amide bonds. The fraction of sp³-hybridized carbons (Fsp3) is 0.143. The molecule has 10 heteroatoms. The van der Waals surface area contributed by atoms with E-state index in [2.05, 4.69) is 5.32 Å². The number of benzene rings is 2. The van der Waals surface area contributed by atoms with Crippen LogP contribution in [0.5, 0.6) is 11.5 Å². The third-order valence-electron chi connectivity index (χ3n) is 4.10. The van der Waals surface area contributed by atoms with E-state index in [0.717, 1.165) is 28.8 Å². The Hall–Kier alpha value is -3.33. The largest absolute Gasteiger partial charge is 0.456 e. The van der Waals surface area contributed by atoms with Crippen LogP contribution in [0.25, 0.3) is 0 Å². The van der Waals surface area contributed by atoms with E-state index < -0.39 is 58.5 Å². The summed E-state index contributed by atoms with van der Waals surface area (Å²) in [4.78, 5) is 24.7. The van der Waals surface area contributed by atoms with Gasteiger partial charge in [0.05, 0.1) is 11.1 Å². The van der Waals surface area contributed by atoms with E-state index in [9.17, 15) is 27.2 Å². The molecule has 0 aliphatic carbocycles. The zero-order valence-electron chi connectivity index (χ0n) is 18.5. The minimum atomic E-state index is -4.80. The number of aryl methyl sites for hydroxylation is 1. The van der Waals surface area contributed by atoms with Crippen molar-refractivity contribution in [3.8, 4) is 11.5 Å². The number of halogens is 5. The Morgan fingerprint density at radius 1 is 1.16 bits per heavy atom. The Labute approximate surface area is 183 Å². The van der Waals surface area contributed by atoms with Crippen LogP contribution in [0.15, 0.2) is 59.5 Å². The highest BCUT2D eigenvalue weighted by Crippen LogP contribution is 2.36. The van der Waals surface area contributed by atoms with Gasteiger partial charge in [-0.3, -0.25) is 9.59 Å². The van der Waals surface area contributed by atoms with Crippen LogP contribution in [0.4, 0.5) is 23.2 Å². The molecule has 0 saturated carbocycles. The summed E-state index contributed by atoms with van der Waals surface area (Å²) in [5.74, 6) is -2.92. The second kappa shape index (κ2) is 8.81. The first-order valence-corrected chi connectivity index (χ1v) is 9.10. The summed E-state index contributed by atoms with van der Waals surface area (Å²) in [7, 11) is 0. The predicted octanol–water partition coefficient (Wildman–Crippen LogP) is 5.56. The minimum absolute atomic E-state index is 0.0344. The lowest BCUT2D eigenvalue weighted by Gasteiger charge is -2.16. The van der Waals surface area contributed by atoms with Gasteiger partial charge in [-0.2, -0.15) is 13.2 Å². The first-order chi connectivity index (χ1) is 15.8. The second-order valence-electron chi connectivity index (χ2n) is 6.25. The van der Waals surface area contributed by atoms with Gasteiger partial charge in [0.15, 0.2) is 0 Å². The summed E-state index contributed by atoms with van der Waals surface area (Å²) in [5.41, 5.74) is -2.66. The van der Waals surface area contributed by atoms with Gasteiger partial charge < -0.3 is 14.6 Å². The molecule has 0 fully saturated rings. The summed E-state index contributed by atoms with van der Waals surface area (Å²) in [6.45, 7) is -2.85. The third kappa shape index (κ3) is 5.24. The summed E-state index contributed by atoms with van der Waals surface area (Å²) < 4.78 is 82.6. The highest BCUT2D eigenvalue weighted by molar-refractivity contribution is 6.15. The molecule has 1 heterocycles. The van der Waals surface area contributed by atoms with Crippen molar-refractivity contribution in [1.82, 2.24) is 4.57 Å². The Balaban J connectivity index is 2.05. The highest BCUT2D eigenvalue weighted by Gasteiger charge is 2.32. The molecule has 0 bridgehead atoms. The Morgan fingerprint density at radius 2 is 1.94 bits per heavy atom. The van der Waals surface area contributed by atoms with Gasteiger partial charge in [0.1, 0.15) is 23.3 Å². The number of hydrogen-bond donors (Lipinski definition) is 1. The van der Waals surface area contributed by atoms with Crippen molar-refractivity contribution < 1.29 is 31.2 Å². The highest BCUT2D eigenvalue weighted by atomic mass is 35.5. The Kier molecular flexibility index (Phi) is 5.24. The van der Waals surface area contributed by atoms with Crippen LogP contribution in [0.2, 0.25) is 0 Å². The first kappa shape index (κ1) is 18.4. The maximum Gasteiger partial charge on any atom is 0.416 e. The van der Waals surface area contributed by atoms with E-state index in [0.29, 0.717) is 18.2 Å². The molecule has 0 saturated heterocycles. The predicted molar refractivity (Wildman–Crippen MR) is 107 cm³/mol. The summed E-state index contributed by atoms with van der Waals surface area (Å²) >= 11 is 5.59. The van der Waals surface area contributed by atoms with Gasteiger partial charge in [0.2, 0.25) is 0 Å². The molecule has 0 aliphatic heterocycles. The lowest BCUT2D eigenvalue weighted by Crippen LogP contribution is -2.20. The average molecular weight is 458 g/mol. The monoisotopic (exact) mass is 457 g/mol. The van der Waals surface area contributed by atoms with E-state index in [1.807, 2.05) is 0 Å². The average Bonchev–Trinajstić information content (AvgIpc) is 2.73. The molecule has 0 atom stereocenters. The lowest BCUT2D eigenvalue weighted by molar-refractivity contribution is -0.137. The molecular weight excluding hydrogens is 440 g/mol. The number of nitrogens with zero attached hydrogens (tertiary/aromatic N) is 1. The smallest absolute Gasteiger partial charge is 0.416 e. The van der Waals surface area contributed by atoms with Crippen LogP contribution in [0, 0.1) is 12.7 Å². The van der Waals surface area contributed by atoms with Crippen molar-refractivity contribution in [3.05, 3.63) is 87.6 Å². The number of ether oxygens (including phenoxy) is 1. The van der Waals surface area contributed by atoms with Crippen molar-refractivity contribution >= 4 is 23.2 Å². The van der Waals surface area contributed by atoms with E-state index in [1.54, 1.807) is 0 Å². The minimum Gasteiger partial charge on any atom is -0.456 e. The molecule has 5 nitrogen and oxygen atoms in total. The van der Waals surface area contributed by atoms with Gasteiger partial charge >= 0.3 is 6.18 Å². The van der Waals surface area contributed by atoms with Gasteiger partial charge in [-0.05, 0) is 54.9 Å². The normalized spacial score (nSPS) is 13.1. The number of aromatic nitrogens is 1. The quantitative estimate of drug-likeness (QED) is 0.403. The maximum atomic E-state index is 13.6. The number of pyridine rings is 1. The van der Waals surface area contributed by atoms with Crippen LogP contribution in [0.3, 0.4) is 0 Å². The fourth-order valence-corrected chi connectivity index (χ4v) is 2.76. The van der Waals surface area contributed by atoms with Crippen molar-refractivity contribution in [2.75, 3.05) is 5.32 Å². The molecule has 162 valence electrons. The van der Waals surface area contributed by atoms with E-state index >= 15 is 0 Å². The molecule has 0 aliphatic rings. The molecule has 3 aromatic rings. The number of anilines is 1. The summed E-state index contributed by atoms with van der Waals surface area (Å²) in [5, 5.41) is 2.36. The van der Waals surface area contributed by atoms with Crippen LogP contribution < -0.4 is 15.6 Å². The van der Waals surface area contributed by atoms with Crippen LogP contribution in [-0.2, 0) is 12.2 Å². The van der Waals surface area contributed by atoms with Gasteiger partial charge in [-0.1, -0.05) is 0 Å². The van der Waals surface area contributed by atoms with Gasteiger partial charge in [0.25, 0.3) is 11.5 Å². The van der Waals surface area contributed by atoms with E-state index in [-0.39, 0.29) is 11.7 Å². The van der Waals surface area contributed by atoms with Crippen molar-refractivity contribution in [2.24, 2.45) is 0 Å². The molecule has 31 heavy (non-hydrogen) atoms. The first-order valence-electron chi connectivity index (χ1n) is 10.1. The molecule has 0 unspecified atom stereocenters. The van der Waals surface area contributed by atoms with E-state index in [4.69, 9.17) is 20.5 Å².